The maximum absolute atomic E-state index is 11.8. The van der Waals surface area contributed by atoms with Gasteiger partial charge >= 0.3 is 0 Å². The summed E-state index contributed by atoms with van der Waals surface area (Å²) in [7, 11) is -1.60. The topological polar surface area (TPSA) is 99.2 Å². The number of sulfonamides is 1. The lowest BCUT2D eigenvalue weighted by molar-refractivity contribution is 0.340. The van der Waals surface area contributed by atoms with Crippen molar-refractivity contribution in [2.45, 2.75) is 6.54 Å². The lowest BCUT2D eigenvalue weighted by Gasteiger charge is -2.08. The molecular weight excluding hydrogens is 292 g/mol. The number of hydrogen-bond donors (Lipinski definition) is 2. The predicted molar refractivity (Wildman–Crippen MR) is 80.2 cm³/mol. The molecule has 0 amide bonds. The second kappa shape index (κ2) is 6.59. The van der Waals surface area contributed by atoms with E-state index in [1.807, 2.05) is 0 Å². The fourth-order valence-electron chi connectivity index (χ4n) is 1.65. The average Bonchev–Trinajstić information content (AvgIpc) is 2.84. The van der Waals surface area contributed by atoms with Gasteiger partial charge in [0.25, 0.3) is 0 Å². The monoisotopic (exact) mass is 310 g/mol. The minimum atomic E-state index is -3.41. The Kier molecular flexibility index (Phi) is 4.81. The minimum absolute atomic E-state index is 0.0693. The molecule has 0 aliphatic heterocycles. The van der Waals surface area contributed by atoms with Crippen molar-refractivity contribution in [1.29, 1.82) is 0 Å². The molecule has 0 atom stereocenters. The first-order valence-corrected chi connectivity index (χ1v) is 8.03. The second-order valence-corrected chi connectivity index (χ2v) is 6.44. The van der Waals surface area contributed by atoms with Crippen molar-refractivity contribution < 1.29 is 13.2 Å². The Hall–Kier alpha value is -2.06. The normalized spacial score (nSPS) is 11.5. The van der Waals surface area contributed by atoms with Crippen molar-refractivity contribution in [3.63, 3.8) is 0 Å². The predicted octanol–water partition coefficient (Wildman–Crippen LogP) is 0.501. The van der Waals surface area contributed by atoms with Crippen LogP contribution in [0.4, 0.5) is 5.69 Å². The second-order valence-electron chi connectivity index (χ2n) is 4.51. The number of anilines is 1. The van der Waals surface area contributed by atoms with E-state index in [-0.39, 0.29) is 18.9 Å². The van der Waals surface area contributed by atoms with Crippen LogP contribution in [0.15, 0.2) is 36.7 Å². The maximum Gasteiger partial charge on any atom is 0.215 e. The number of benzene rings is 1. The van der Waals surface area contributed by atoms with Crippen molar-refractivity contribution in [3.8, 4) is 5.75 Å². The summed E-state index contributed by atoms with van der Waals surface area (Å²) < 4.78 is 33.3. The third-order valence-corrected chi connectivity index (χ3v) is 4.16. The lowest BCUT2D eigenvalue weighted by Crippen LogP contribution is -2.29. The molecule has 1 aromatic heterocycles. The van der Waals surface area contributed by atoms with E-state index >= 15 is 0 Å². The molecule has 114 valence electrons. The maximum atomic E-state index is 11.8. The van der Waals surface area contributed by atoms with E-state index < -0.39 is 10.0 Å². The van der Waals surface area contributed by atoms with Gasteiger partial charge in [0, 0.05) is 25.1 Å². The zero-order chi connectivity index (χ0) is 15.3. The van der Waals surface area contributed by atoms with Crippen molar-refractivity contribution >= 4 is 15.7 Å². The number of hydrogen-bond acceptors (Lipinski definition) is 5. The van der Waals surface area contributed by atoms with E-state index in [0.29, 0.717) is 17.3 Å². The van der Waals surface area contributed by atoms with Gasteiger partial charge in [-0.05, 0) is 24.3 Å². The van der Waals surface area contributed by atoms with Crippen molar-refractivity contribution in [2.24, 2.45) is 7.05 Å². The number of nitrogens with one attached hydrogen (secondary N) is 1. The summed E-state index contributed by atoms with van der Waals surface area (Å²) in [6.07, 6.45) is 3.38. The van der Waals surface area contributed by atoms with Crippen LogP contribution in [0.1, 0.15) is 5.82 Å². The van der Waals surface area contributed by atoms with Gasteiger partial charge in [-0.1, -0.05) is 0 Å². The third kappa shape index (κ3) is 4.76. The Bertz CT molecular complexity index is 680. The molecule has 0 saturated heterocycles. The highest BCUT2D eigenvalue weighted by molar-refractivity contribution is 7.89. The molecule has 0 aliphatic rings. The molecule has 3 N–H and O–H groups in total. The van der Waals surface area contributed by atoms with Gasteiger partial charge in [-0.25, -0.2) is 18.1 Å². The zero-order valence-corrected chi connectivity index (χ0v) is 12.5. The Balaban J connectivity index is 1.78. The molecule has 0 bridgehead atoms. The van der Waals surface area contributed by atoms with Crippen LogP contribution >= 0.6 is 0 Å². The van der Waals surface area contributed by atoms with Gasteiger partial charge in [-0.3, -0.25) is 0 Å². The summed E-state index contributed by atoms with van der Waals surface area (Å²) >= 11 is 0. The van der Waals surface area contributed by atoms with Gasteiger partial charge in [-0.2, -0.15) is 0 Å². The quantitative estimate of drug-likeness (QED) is 0.726. The van der Waals surface area contributed by atoms with E-state index in [2.05, 4.69) is 9.71 Å². The largest absolute Gasteiger partial charge is 0.492 e. The highest BCUT2D eigenvalue weighted by Gasteiger charge is 2.11. The first-order chi connectivity index (χ1) is 9.96. The Labute approximate surface area is 123 Å². The number of nitrogens with two attached hydrogens (primary N) is 1. The molecule has 0 aliphatic carbocycles. The molecular formula is C13H18N4O3S. The van der Waals surface area contributed by atoms with E-state index in [0.717, 1.165) is 0 Å². The fourth-order valence-corrected chi connectivity index (χ4v) is 2.44. The molecule has 0 fully saturated rings. The molecule has 8 heteroatoms. The van der Waals surface area contributed by atoms with Crippen LogP contribution in [0, 0.1) is 0 Å². The van der Waals surface area contributed by atoms with Gasteiger partial charge in [0.1, 0.15) is 18.2 Å². The van der Waals surface area contributed by atoms with Gasteiger partial charge < -0.3 is 15.0 Å². The van der Waals surface area contributed by atoms with Gasteiger partial charge in [0.15, 0.2) is 0 Å². The van der Waals surface area contributed by atoms with E-state index in [4.69, 9.17) is 10.5 Å². The van der Waals surface area contributed by atoms with Crippen LogP contribution in [0.2, 0.25) is 0 Å². The van der Waals surface area contributed by atoms with Crippen molar-refractivity contribution in [3.05, 3.63) is 42.5 Å². The number of rotatable bonds is 7. The number of ether oxygens (including phenoxy) is 1. The molecule has 2 aromatic rings. The Morgan fingerprint density at radius 3 is 2.67 bits per heavy atom. The van der Waals surface area contributed by atoms with Crippen LogP contribution in [0.25, 0.3) is 0 Å². The molecule has 7 nitrogen and oxygen atoms in total. The Morgan fingerprint density at radius 1 is 1.33 bits per heavy atom. The number of aromatic nitrogens is 2. The summed E-state index contributed by atoms with van der Waals surface area (Å²) in [4.78, 5) is 4.05. The first kappa shape index (κ1) is 15.3. The summed E-state index contributed by atoms with van der Waals surface area (Å²) in [6.45, 7) is 0.230. The molecule has 0 spiro atoms. The van der Waals surface area contributed by atoms with Crippen LogP contribution in [0.3, 0.4) is 0 Å². The Morgan fingerprint density at radius 2 is 2.05 bits per heavy atom. The highest BCUT2D eigenvalue weighted by Crippen LogP contribution is 2.12. The summed E-state index contributed by atoms with van der Waals surface area (Å²) in [5, 5.41) is 0. The van der Waals surface area contributed by atoms with Crippen LogP contribution in [-0.2, 0) is 23.6 Å². The smallest absolute Gasteiger partial charge is 0.215 e. The van der Waals surface area contributed by atoms with Crippen LogP contribution in [-0.4, -0.2) is 30.3 Å². The third-order valence-electron chi connectivity index (χ3n) is 2.87. The summed E-state index contributed by atoms with van der Waals surface area (Å²) in [6, 6.07) is 6.79. The van der Waals surface area contributed by atoms with Crippen LogP contribution in [0.5, 0.6) is 5.75 Å². The van der Waals surface area contributed by atoms with Crippen LogP contribution < -0.4 is 15.2 Å². The van der Waals surface area contributed by atoms with Gasteiger partial charge in [0.2, 0.25) is 10.0 Å². The lowest BCUT2D eigenvalue weighted by atomic mass is 10.3. The number of aryl methyl sites for hydroxylation is 1. The summed E-state index contributed by atoms with van der Waals surface area (Å²) in [5.74, 6) is 1.11. The zero-order valence-electron chi connectivity index (χ0n) is 11.7. The highest BCUT2D eigenvalue weighted by atomic mass is 32.2. The van der Waals surface area contributed by atoms with Crippen molar-refractivity contribution in [2.75, 3.05) is 18.1 Å². The average molecular weight is 310 g/mol. The number of nitrogens with zero attached hydrogens (tertiary/aromatic N) is 2. The number of nitrogen functional groups attached to an aromatic ring is 1. The molecule has 2 rings (SSSR count). The molecule has 21 heavy (non-hydrogen) atoms. The van der Waals surface area contributed by atoms with Crippen molar-refractivity contribution in [1.82, 2.24) is 14.3 Å². The summed E-state index contributed by atoms with van der Waals surface area (Å²) in [5.41, 5.74) is 6.18. The molecule has 1 aromatic carbocycles. The molecule has 0 unspecified atom stereocenters. The first-order valence-electron chi connectivity index (χ1n) is 6.38. The molecule has 0 radical (unpaired) electrons. The number of imidazole rings is 1. The standard InChI is InChI=1S/C13H18N4O3S/c1-17-7-6-15-13(17)10-16-21(18,19)9-8-20-12-4-2-11(14)3-5-12/h2-7,16H,8-10,14H2,1H3. The van der Waals surface area contributed by atoms with E-state index in [1.165, 1.54) is 0 Å². The minimum Gasteiger partial charge on any atom is -0.492 e. The SMILES string of the molecule is Cn1ccnc1CNS(=O)(=O)CCOc1ccc(N)cc1. The molecule has 1 heterocycles. The van der Waals surface area contributed by atoms with Gasteiger partial charge in [-0.15, -0.1) is 0 Å². The molecule has 0 saturated carbocycles. The van der Waals surface area contributed by atoms with E-state index in [1.54, 1.807) is 48.3 Å². The van der Waals surface area contributed by atoms with Gasteiger partial charge in [0.05, 0.1) is 12.3 Å². The fraction of sp³-hybridized carbons (Fsp3) is 0.308. The van der Waals surface area contributed by atoms with E-state index in [9.17, 15) is 8.42 Å².